The minimum absolute atomic E-state index is 1.22. The molecule has 0 spiro atoms. The molecule has 54 heavy (non-hydrogen) atoms. The lowest BCUT2D eigenvalue weighted by atomic mass is 9.84. The van der Waals surface area contributed by atoms with Crippen LogP contribution < -0.4 is 0 Å². The van der Waals surface area contributed by atoms with Gasteiger partial charge in [-0.25, -0.2) is 0 Å². The largest absolute Gasteiger partial charge is 0.0622 e. The second-order valence-electron chi connectivity index (χ2n) is 14.8. The van der Waals surface area contributed by atoms with E-state index in [1.54, 1.807) is 0 Å². The number of benzene rings is 12. The second-order valence-corrected chi connectivity index (χ2v) is 14.8. The molecule has 248 valence electrons. The van der Waals surface area contributed by atoms with Gasteiger partial charge in [0.25, 0.3) is 0 Å². The molecule has 0 bridgehead atoms. The van der Waals surface area contributed by atoms with Crippen LogP contribution in [-0.2, 0) is 0 Å². The highest BCUT2D eigenvalue weighted by atomic mass is 14.2. The van der Waals surface area contributed by atoms with Crippen LogP contribution in [0, 0.1) is 0 Å². The van der Waals surface area contributed by atoms with Crippen LogP contribution in [0.3, 0.4) is 0 Å². The van der Waals surface area contributed by atoms with Crippen molar-refractivity contribution in [2.45, 2.75) is 0 Å². The Morgan fingerprint density at radius 2 is 0.593 bits per heavy atom. The van der Waals surface area contributed by atoms with Gasteiger partial charge in [0, 0.05) is 0 Å². The molecule has 12 aromatic rings. The number of hydrogen-bond donors (Lipinski definition) is 0. The Morgan fingerprint density at radius 3 is 1.19 bits per heavy atom. The van der Waals surface area contributed by atoms with Crippen molar-refractivity contribution in [1.82, 2.24) is 0 Å². The predicted octanol–water partition coefficient (Wildman–Crippen LogP) is 15.3. The molecule has 12 rings (SSSR count). The van der Waals surface area contributed by atoms with Gasteiger partial charge in [-0.3, -0.25) is 0 Å². The van der Waals surface area contributed by atoms with E-state index in [1.165, 1.54) is 120 Å². The number of hydrogen-bond acceptors (Lipinski definition) is 0. The molecule has 0 atom stereocenters. The smallest absolute Gasteiger partial charge is 0.00206 e. The van der Waals surface area contributed by atoms with Gasteiger partial charge < -0.3 is 0 Å². The van der Waals surface area contributed by atoms with E-state index >= 15 is 0 Å². The maximum absolute atomic E-state index is 2.44. The third-order valence-corrected chi connectivity index (χ3v) is 12.0. The molecule has 0 aliphatic carbocycles. The predicted molar refractivity (Wildman–Crippen MR) is 233 cm³/mol. The molecule has 0 heterocycles. The molecule has 12 aromatic carbocycles. The molecule has 0 nitrogen and oxygen atoms in total. The maximum Gasteiger partial charge on any atom is -0.00206 e. The van der Waals surface area contributed by atoms with E-state index in [9.17, 15) is 0 Å². The SMILES string of the molecule is c1ccc(-c2ccc(-c3ccc4ccc5cccc6ccc3c4c56)cc2-c2ccc(-c3ccc4ccc5cccc6ccc3c4c56)c3ccccc23)cc1. The first-order valence-electron chi connectivity index (χ1n) is 18.8. The lowest BCUT2D eigenvalue weighted by Crippen LogP contribution is -1.92. The molecule has 0 aliphatic heterocycles. The molecule has 0 radical (unpaired) electrons. The molecule has 0 aliphatic rings. The molecule has 0 unspecified atom stereocenters. The summed E-state index contributed by atoms with van der Waals surface area (Å²) in [6.45, 7) is 0. The summed E-state index contributed by atoms with van der Waals surface area (Å²) in [5.41, 5.74) is 9.95. The average Bonchev–Trinajstić information content (AvgIpc) is 3.24. The van der Waals surface area contributed by atoms with Crippen molar-refractivity contribution >= 4 is 75.4 Å². The fraction of sp³-hybridized carbons (Fsp3) is 0. The minimum atomic E-state index is 1.22. The van der Waals surface area contributed by atoms with Crippen LogP contribution in [0.25, 0.3) is 120 Å². The van der Waals surface area contributed by atoms with Crippen LogP contribution in [0.1, 0.15) is 0 Å². The first-order chi connectivity index (χ1) is 26.8. The van der Waals surface area contributed by atoms with E-state index in [0.717, 1.165) is 0 Å². The van der Waals surface area contributed by atoms with Crippen molar-refractivity contribution < 1.29 is 0 Å². The number of rotatable bonds is 4. The molecular formula is C54H32. The third kappa shape index (κ3) is 4.20. The molecule has 0 saturated carbocycles. The first-order valence-corrected chi connectivity index (χ1v) is 18.8. The Bertz CT molecular complexity index is 3390. The Labute approximate surface area is 312 Å². The summed E-state index contributed by atoms with van der Waals surface area (Å²) in [4.78, 5) is 0. The lowest BCUT2D eigenvalue weighted by molar-refractivity contribution is 1.59. The summed E-state index contributed by atoms with van der Waals surface area (Å²) in [5.74, 6) is 0. The Kier molecular flexibility index (Phi) is 6.15. The second kappa shape index (κ2) is 11.2. The van der Waals surface area contributed by atoms with Crippen molar-refractivity contribution in [2.24, 2.45) is 0 Å². The van der Waals surface area contributed by atoms with E-state index in [0.29, 0.717) is 0 Å². The van der Waals surface area contributed by atoms with E-state index in [4.69, 9.17) is 0 Å². The molecule has 0 saturated heterocycles. The van der Waals surface area contributed by atoms with Crippen molar-refractivity contribution in [3.8, 4) is 44.5 Å². The highest BCUT2D eigenvalue weighted by molar-refractivity contribution is 6.27. The van der Waals surface area contributed by atoms with Crippen LogP contribution >= 0.6 is 0 Å². The van der Waals surface area contributed by atoms with E-state index in [-0.39, 0.29) is 0 Å². The van der Waals surface area contributed by atoms with Gasteiger partial charge in [-0.15, -0.1) is 0 Å². The molecule has 0 amide bonds. The van der Waals surface area contributed by atoms with E-state index < -0.39 is 0 Å². The fourth-order valence-corrected chi connectivity index (χ4v) is 9.53. The molecule has 0 N–H and O–H groups in total. The fourth-order valence-electron chi connectivity index (χ4n) is 9.53. The molecular weight excluding hydrogens is 649 g/mol. The summed E-state index contributed by atoms with van der Waals surface area (Å²) in [6.07, 6.45) is 0. The van der Waals surface area contributed by atoms with Crippen molar-refractivity contribution in [1.29, 1.82) is 0 Å². The Morgan fingerprint density at radius 1 is 0.185 bits per heavy atom. The van der Waals surface area contributed by atoms with Crippen molar-refractivity contribution in [3.63, 3.8) is 0 Å². The van der Waals surface area contributed by atoms with Crippen LogP contribution in [-0.4, -0.2) is 0 Å². The van der Waals surface area contributed by atoms with Gasteiger partial charge in [0.05, 0.1) is 0 Å². The van der Waals surface area contributed by atoms with Crippen LogP contribution in [0.15, 0.2) is 194 Å². The summed E-state index contributed by atoms with van der Waals surface area (Å²) < 4.78 is 0. The standard InChI is InChI=1S/C54H32/c1-2-8-33(9-3-1)41-26-24-40(42-25-20-38-18-16-34-10-6-12-36-22-28-48(42)53(38)51(34)36)32-50(41)47-31-30-45(43-14-4-5-15-44(43)47)46-27-21-39-19-17-35-11-7-13-37-23-29-49(46)54(39)52(35)37/h1-32H. The van der Waals surface area contributed by atoms with Gasteiger partial charge >= 0.3 is 0 Å². The van der Waals surface area contributed by atoms with Crippen LogP contribution in [0.4, 0.5) is 0 Å². The molecule has 0 aromatic heterocycles. The summed E-state index contributed by atoms with van der Waals surface area (Å²) in [5, 5.41) is 18.3. The minimum Gasteiger partial charge on any atom is -0.0622 e. The highest BCUT2D eigenvalue weighted by Crippen LogP contribution is 2.46. The lowest BCUT2D eigenvalue weighted by Gasteiger charge is -2.19. The third-order valence-electron chi connectivity index (χ3n) is 12.0. The van der Waals surface area contributed by atoms with Gasteiger partial charge in [0.1, 0.15) is 0 Å². The summed E-state index contributed by atoms with van der Waals surface area (Å²) >= 11 is 0. The first kappa shape index (κ1) is 29.5. The van der Waals surface area contributed by atoms with Gasteiger partial charge in [0.15, 0.2) is 0 Å². The zero-order valence-corrected chi connectivity index (χ0v) is 29.5. The molecule has 0 heteroatoms. The van der Waals surface area contributed by atoms with E-state index in [2.05, 4.69) is 194 Å². The summed E-state index contributed by atoms with van der Waals surface area (Å²) in [7, 11) is 0. The van der Waals surface area contributed by atoms with E-state index in [1.807, 2.05) is 0 Å². The Balaban J connectivity index is 1.11. The normalized spacial score (nSPS) is 12.1. The highest BCUT2D eigenvalue weighted by Gasteiger charge is 2.19. The van der Waals surface area contributed by atoms with Gasteiger partial charge in [-0.05, 0) is 126 Å². The van der Waals surface area contributed by atoms with Gasteiger partial charge in [-0.1, -0.05) is 188 Å². The monoisotopic (exact) mass is 680 g/mol. The zero-order chi connectivity index (χ0) is 35.3. The van der Waals surface area contributed by atoms with Crippen molar-refractivity contribution in [2.75, 3.05) is 0 Å². The Hall–Kier alpha value is -7.02. The summed E-state index contributed by atoms with van der Waals surface area (Å²) in [6, 6.07) is 72.5. The van der Waals surface area contributed by atoms with Crippen LogP contribution in [0.2, 0.25) is 0 Å². The quantitative estimate of drug-likeness (QED) is 0.162. The molecule has 0 fully saturated rings. The average molecular weight is 681 g/mol. The van der Waals surface area contributed by atoms with Crippen molar-refractivity contribution in [3.05, 3.63) is 194 Å². The van der Waals surface area contributed by atoms with Crippen LogP contribution in [0.5, 0.6) is 0 Å². The van der Waals surface area contributed by atoms with Gasteiger partial charge in [-0.2, -0.15) is 0 Å². The zero-order valence-electron chi connectivity index (χ0n) is 29.5. The van der Waals surface area contributed by atoms with Gasteiger partial charge in [0.2, 0.25) is 0 Å². The topological polar surface area (TPSA) is 0 Å². The maximum atomic E-state index is 2.44. The number of fused-ring (bicyclic) bond motifs is 1.